The Morgan fingerprint density at radius 2 is 1.80 bits per heavy atom. The highest BCUT2D eigenvalue weighted by Crippen LogP contribution is 2.52. The van der Waals surface area contributed by atoms with Crippen molar-refractivity contribution in [3.8, 4) is 0 Å². The van der Waals surface area contributed by atoms with Crippen LogP contribution in [0.4, 0.5) is 0 Å². The molecule has 2 bridgehead atoms. The van der Waals surface area contributed by atoms with Gasteiger partial charge in [-0.15, -0.1) is 0 Å². The van der Waals surface area contributed by atoms with Gasteiger partial charge in [-0.05, 0) is 31.6 Å². The summed E-state index contributed by atoms with van der Waals surface area (Å²) in [7, 11) is -3.19. The molecule has 2 aliphatic carbocycles. The lowest BCUT2D eigenvalue weighted by Gasteiger charge is -2.19. The van der Waals surface area contributed by atoms with Crippen molar-refractivity contribution < 1.29 is 18.0 Å². The van der Waals surface area contributed by atoms with Crippen LogP contribution in [0.5, 0.6) is 0 Å². The number of hydrogen-bond donors (Lipinski definition) is 2. The van der Waals surface area contributed by atoms with Crippen molar-refractivity contribution in [1.29, 1.82) is 0 Å². The summed E-state index contributed by atoms with van der Waals surface area (Å²) < 4.78 is 24.7. The standard InChI is InChI=1S/C20H33N5O4S/c1-4-21-20(22-9-6-11-24(5-2)30(3,28)29)23-10-12-25-18(26)16-14-7-8-15(13-14)17(16)19(25)27/h7-8,14-17H,4-6,9-13H2,1-3H3,(H2,21,22,23). The smallest absolute Gasteiger partial charge is 0.233 e. The van der Waals surface area contributed by atoms with E-state index in [0.29, 0.717) is 51.6 Å². The summed E-state index contributed by atoms with van der Waals surface area (Å²) in [5.41, 5.74) is 0. The average molecular weight is 440 g/mol. The van der Waals surface area contributed by atoms with E-state index in [4.69, 9.17) is 0 Å². The topological polar surface area (TPSA) is 111 Å². The minimum atomic E-state index is -3.19. The third kappa shape index (κ3) is 4.69. The SMILES string of the molecule is CCNC(=NCCCN(CC)S(C)(=O)=O)NCCN1C(=O)C2C3C=CC(C3)C2C1=O. The number of allylic oxidation sites excluding steroid dienone is 2. The first kappa shape index (κ1) is 22.7. The fourth-order valence-electron chi connectivity index (χ4n) is 4.81. The Bertz CT molecular complexity index is 795. The van der Waals surface area contributed by atoms with Crippen LogP contribution in [0.1, 0.15) is 26.7 Å². The number of hydrogen-bond acceptors (Lipinski definition) is 5. The molecule has 9 nitrogen and oxygen atoms in total. The molecule has 3 rings (SSSR count). The molecule has 2 fully saturated rings. The summed E-state index contributed by atoms with van der Waals surface area (Å²) in [6, 6.07) is 0. The van der Waals surface area contributed by atoms with Gasteiger partial charge in [0.2, 0.25) is 21.8 Å². The molecule has 2 amide bonds. The van der Waals surface area contributed by atoms with Crippen molar-refractivity contribution in [1.82, 2.24) is 19.8 Å². The number of nitrogens with zero attached hydrogens (tertiary/aromatic N) is 3. The molecule has 0 aromatic rings. The molecule has 3 aliphatic rings. The monoisotopic (exact) mass is 439 g/mol. The lowest BCUT2D eigenvalue weighted by Crippen LogP contribution is -2.43. The average Bonchev–Trinajstić information content (AvgIpc) is 3.36. The van der Waals surface area contributed by atoms with E-state index in [9.17, 15) is 18.0 Å². The van der Waals surface area contributed by atoms with Crippen LogP contribution in [-0.2, 0) is 19.6 Å². The second-order valence-corrected chi connectivity index (χ2v) is 10.1. The molecule has 2 N–H and O–H groups in total. The van der Waals surface area contributed by atoms with Gasteiger partial charge in [0, 0.05) is 39.3 Å². The number of guanidine groups is 1. The summed E-state index contributed by atoms with van der Waals surface area (Å²) in [5.74, 6) is 0.653. The maximum atomic E-state index is 12.7. The predicted molar refractivity (Wildman–Crippen MR) is 115 cm³/mol. The Balaban J connectivity index is 1.46. The molecule has 0 spiro atoms. The zero-order valence-electron chi connectivity index (χ0n) is 18.0. The van der Waals surface area contributed by atoms with Gasteiger partial charge in [-0.3, -0.25) is 19.5 Å². The van der Waals surface area contributed by atoms with Gasteiger partial charge in [0.1, 0.15) is 0 Å². The number of aliphatic imine (C=N–C) groups is 1. The van der Waals surface area contributed by atoms with E-state index in [1.165, 1.54) is 15.5 Å². The van der Waals surface area contributed by atoms with Crippen molar-refractivity contribution in [2.24, 2.45) is 28.7 Å². The van der Waals surface area contributed by atoms with Crippen molar-refractivity contribution in [2.75, 3.05) is 45.5 Å². The zero-order chi connectivity index (χ0) is 21.9. The van der Waals surface area contributed by atoms with Gasteiger partial charge in [0.15, 0.2) is 5.96 Å². The number of carbonyl (C=O) groups excluding carboxylic acids is 2. The van der Waals surface area contributed by atoms with Gasteiger partial charge in [-0.1, -0.05) is 19.1 Å². The van der Waals surface area contributed by atoms with E-state index in [0.717, 1.165) is 6.42 Å². The van der Waals surface area contributed by atoms with E-state index < -0.39 is 10.0 Å². The zero-order valence-corrected chi connectivity index (χ0v) is 18.8. The molecule has 1 heterocycles. The van der Waals surface area contributed by atoms with Gasteiger partial charge in [0.05, 0.1) is 18.1 Å². The molecule has 4 unspecified atom stereocenters. The van der Waals surface area contributed by atoms with Crippen molar-refractivity contribution >= 4 is 27.8 Å². The predicted octanol–water partition coefficient (Wildman–Crippen LogP) is 0.0202. The van der Waals surface area contributed by atoms with E-state index in [1.807, 2.05) is 13.8 Å². The quantitative estimate of drug-likeness (QED) is 0.163. The van der Waals surface area contributed by atoms with Gasteiger partial charge in [-0.25, -0.2) is 12.7 Å². The van der Waals surface area contributed by atoms with Gasteiger partial charge in [0.25, 0.3) is 0 Å². The van der Waals surface area contributed by atoms with Crippen LogP contribution >= 0.6 is 0 Å². The van der Waals surface area contributed by atoms with Crippen LogP contribution in [-0.4, -0.2) is 80.9 Å². The number of rotatable bonds is 10. The molecule has 0 radical (unpaired) electrons. The maximum Gasteiger partial charge on any atom is 0.233 e. The molecule has 30 heavy (non-hydrogen) atoms. The number of sulfonamides is 1. The molecule has 168 valence electrons. The molecule has 0 aromatic heterocycles. The van der Waals surface area contributed by atoms with E-state index in [-0.39, 0.29) is 35.5 Å². The number of imide groups is 1. The fourth-order valence-corrected chi connectivity index (χ4v) is 5.74. The van der Waals surface area contributed by atoms with Crippen LogP contribution < -0.4 is 10.6 Å². The molecule has 1 saturated carbocycles. The summed E-state index contributed by atoms with van der Waals surface area (Å²) in [5, 5.41) is 6.31. The number of likely N-dealkylation sites (tertiary alicyclic amines) is 1. The van der Waals surface area contributed by atoms with E-state index >= 15 is 0 Å². The molecular formula is C20H33N5O4S. The summed E-state index contributed by atoms with van der Waals surface area (Å²) in [6.07, 6.45) is 6.95. The normalized spacial score (nSPS) is 28.0. The number of fused-ring (bicyclic) bond motifs is 5. The minimum absolute atomic E-state index is 0.0361. The molecular weight excluding hydrogens is 406 g/mol. The second-order valence-electron chi connectivity index (χ2n) is 8.12. The molecule has 0 aromatic carbocycles. The Labute approximate surface area is 179 Å². The molecule has 4 atom stereocenters. The highest BCUT2D eigenvalue weighted by Gasteiger charge is 2.58. The molecule has 10 heteroatoms. The third-order valence-electron chi connectivity index (χ3n) is 6.19. The third-order valence-corrected chi connectivity index (χ3v) is 7.57. The second kappa shape index (κ2) is 9.47. The van der Waals surface area contributed by atoms with Gasteiger partial charge in [-0.2, -0.15) is 0 Å². The Hall–Kier alpha value is -1.94. The van der Waals surface area contributed by atoms with E-state index in [2.05, 4.69) is 27.8 Å². The Morgan fingerprint density at radius 3 is 2.33 bits per heavy atom. The number of amides is 2. The molecule has 1 aliphatic heterocycles. The maximum absolute atomic E-state index is 12.7. The first-order valence-corrected chi connectivity index (χ1v) is 12.6. The Kier molecular flexibility index (Phi) is 7.18. The van der Waals surface area contributed by atoms with Crippen molar-refractivity contribution in [3.05, 3.63) is 12.2 Å². The first-order chi connectivity index (χ1) is 14.3. The first-order valence-electron chi connectivity index (χ1n) is 10.8. The van der Waals surface area contributed by atoms with Crippen LogP contribution in [0.2, 0.25) is 0 Å². The summed E-state index contributed by atoms with van der Waals surface area (Å²) >= 11 is 0. The van der Waals surface area contributed by atoms with Crippen molar-refractivity contribution in [2.45, 2.75) is 26.7 Å². The highest BCUT2D eigenvalue weighted by molar-refractivity contribution is 7.88. The van der Waals surface area contributed by atoms with E-state index in [1.54, 1.807) is 0 Å². The lowest BCUT2D eigenvalue weighted by molar-refractivity contribution is -0.140. The highest BCUT2D eigenvalue weighted by atomic mass is 32.2. The van der Waals surface area contributed by atoms with Crippen LogP contribution in [0.25, 0.3) is 0 Å². The van der Waals surface area contributed by atoms with Gasteiger partial charge >= 0.3 is 0 Å². The summed E-state index contributed by atoms with van der Waals surface area (Å²) in [4.78, 5) is 31.3. The summed E-state index contributed by atoms with van der Waals surface area (Å²) in [6.45, 7) is 6.54. The number of nitrogens with one attached hydrogen (secondary N) is 2. The fraction of sp³-hybridized carbons (Fsp3) is 0.750. The Morgan fingerprint density at radius 1 is 1.17 bits per heavy atom. The van der Waals surface area contributed by atoms with Crippen LogP contribution in [0.3, 0.4) is 0 Å². The van der Waals surface area contributed by atoms with Crippen LogP contribution in [0.15, 0.2) is 17.1 Å². The molecule has 1 saturated heterocycles. The lowest BCUT2D eigenvalue weighted by atomic mass is 9.85. The van der Waals surface area contributed by atoms with Gasteiger partial charge < -0.3 is 10.6 Å². The number of carbonyl (C=O) groups is 2. The van der Waals surface area contributed by atoms with Crippen molar-refractivity contribution in [3.63, 3.8) is 0 Å². The van der Waals surface area contributed by atoms with Crippen LogP contribution in [0, 0.1) is 23.7 Å². The largest absolute Gasteiger partial charge is 0.357 e. The minimum Gasteiger partial charge on any atom is -0.357 e.